The third kappa shape index (κ3) is 4.33. The SMILES string of the molecule is CC(=O)Oc1c(C(=O)NC2C(=O)N(C)C(=O)N(c3ccccc3)C2N)cccc1C(C)C. The van der Waals surface area contributed by atoms with Crippen molar-refractivity contribution in [2.45, 2.75) is 38.9 Å². The standard InChI is InChI=1S/C23H26N4O5/c1-13(2)16-11-8-12-17(19(16)32-14(3)28)21(29)25-18-20(24)27(15-9-6-5-7-10-15)23(31)26(4)22(18)30/h5-13,18,20H,24H2,1-4H3,(H,25,29). The lowest BCUT2D eigenvalue weighted by Crippen LogP contribution is -2.71. The second kappa shape index (κ2) is 9.19. The van der Waals surface area contributed by atoms with Crippen LogP contribution in [-0.4, -0.2) is 48.0 Å². The summed E-state index contributed by atoms with van der Waals surface area (Å²) < 4.78 is 5.34. The average Bonchev–Trinajstić information content (AvgIpc) is 2.75. The maximum absolute atomic E-state index is 13.2. The van der Waals surface area contributed by atoms with E-state index in [4.69, 9.17) is 10.5 Å². The van der Waals surface area contributed by atoms with Gasteiger partial charge in [-0.15, -0.1) is 0 Å². The minimum absolute atomic E-state index is 0.0204. The van der Waals surface area contributed by atoms with Crippen LogP contribution >= 0.6 is 0 Å². The summed E-state index contributed by atoms with van der Waals surface area (Å²) in [5.74, 6) is -1.75. The first-order chi connectivity index (χ1) is 15.1. The molecule has 0 aliphatic carbocycles. The summed E-state index contributed by atoms with van der Waals surface area (Å²) >= 11 is 0. The molecule has 2 atom stereocenters. The molecule has 1 saturated heterocycles. The number of rotatable bonds is 5. The Balaban J connectivity index is 1.96. The number of amides is 4. The second-order valence-corrected chi connectivity index (χ2v) is 7.80. The number of hydrogen-bond donors (Lipinski definition) is 2. The van der Waals surface area contributed by atoms with Crippen molar-refractivity contribution in [2.75, 3.05) is 11.9 Å². The van der Waals surface area contributed by atoms with Gasteiger partial charge in [-0.25, -0.2) is 4.79 Å². The molecule has 0 bridgehead atoms. The zero-order chi connectivity index (χ0) is 23.6. The molecule has 32 heavy (non-hydrogen) atoms. The number of nitrogens with one attached hydrogen (secondary N) is 1. The largest absolute Gasteiger partial charge is 0.426 e. The number of likely N-dealkylation sites (N-methyl/N-ethyl adjacent to an activating group) is 1. The molecule has 168 valence electrons. The highest BCUT2D eigenvalue weighted by Gasteiger charge is 2.45. The van der Waals surface area contributed by atoms with Gasteiger partial charge in [0, 0.05) is 19.7 Å². The van der Waals surface area contributed by atoms with E-state index in [0.717, 1.165) is 4.90 Å². The Hall–Kier alpha value is -3.72. The Morgan fingerprint density at radius 3 is 2.31 bits per heavy atom. The van der Waals surface area contributed by atoms with Gasteiger partial charge in [0.1, 0.15) is 18.0 Å². The molecule has 3 rings (SSSR count). The number of hydrogen-bond acceptors (Lipinski definition) is 6. The number of imide groups is 1. The van der Waals surface area contributed by atoms with Gasteiger partial charge in [-0.3, -0.25) is 24.2 Å². The topological polar surface area (TPSA) is 122 Å². The predicted molar refractivity (Wildman–Crippen MR) is 118 cm³/mol. The molecule has 0 aromatic heterocycles. The van der Waals surface area contributed by atoms with Crippen molar-refractivity contribution in [3.8, 4) is 5.75 Å². The highest BCUT2D eigenvalue weighted by Crippen LogP contribution is 2.31. The molecule has 0 radical (unpaired) electrons. The summed E-state index contributed by atoms with van der Waals surface area (Å²) in [6.07, 6.45) is -1.14. The number of benzene rings is 2. The van der Waals surface area contributed by atoms with Crippen molar-refractivity contribution in [3.63, 3.8) is 0 Å². The van der Waals surface area contributed by atoms with Crippen LogP contribution in [0.15, 0.2) is 48.5 Å². The molecule has 4 amide bonds. The molecule has 0 spiro atoms. The Labute approximate surface area is 186 Å². The molecule has 1 aliphatic heterocycles. The number of anilines is 1. The van der Waals surface area contributed by atoms with Crippen LogP contribution in [0, 0.1) is 0 Å². The number of carbonyl (C=O) groups is 4. The molecule has 1 fully saturated rings. The van der Waals surface area contributed by atoms with Crippen molar-refractivity contribution in [1.29, 1.82) is 0 Å². The van der Waals surface area contributed by atoms with Crippen molar-refractivity contribution in [3.05, 3.63) is 59.7 Å². The van der Waals surface area contributed by atoms with E-state index in [0.29, 0.717) is 11.3 Å². The minimum Gasteiger partial charge on any atom is -0.426 e. The summed E-state index contributed by atoms with van der Waals surface area (Å²) in [4.78, 5) is 52.6. The van der Waals surface area contributed by atoms with Crippen molar-refractivity contribution in [2.24, 2.45) is 5.73 Å². The number of carbonyl (C=O) groups excluding carboxylic acids is 4. The van der Waals surface area contributed by atoms with Gasteiger partial charge in [-0.2, -0.15) is 0 Å². The Morgan fingerprint density at radius 2 is 1.72 bits per heavy atom. The van der Waals surface area contributed by atoms with Crippen LogP contribution in [0.3, 0.4) is 0 Å². The Kier molecular flexibility index (Phi) is 6.59. The molecular weight excluding hydrogens is 412 g/mol. The number of urea groups is 1. The summed E-state index contributed by atoms with van der Waals surface area (Å²) in [5, 5.41) is 2.62. The Bertz CT molecular complexity index is 1050. The molecule has 0 saturated carbocycles. The van der Waals surface area contributed by atoms with Gasteiger partial charge in [0.05, 0.1) is 5.56 Å². The zero-order valence-electron chi connectivity index (χ0n) is 18.4. The lowest BCUT2D eigenvalue weighted by Gasteiger charge is -2.41. The van der Waals surface area contributed by atoms with Gasteiger partial charge < -0.3 is 15.8 Å². The van der Waals surface area contributed by atoms with Gasteiger partial charge in [-0.1, -0.05) is 44.2 Å². The molecule has 1 heterocycles. The second-order valence-electron chi connectivity index (χ2n) is 7.80. The summed E-state index contributed by atoms with van der Waals surface area (Å²) in [6, 6.07) is 11.8. The summed E-state index contributed by atoms with van der Waals surface area (Å²) in [6.45, 7) is 5.06. The van der Waals surface area contributed by atoms with Crippen molar-refractivity contribution >= 4 is 29.5 Å². The number of esters is 1. The van der Waals surface area contributed by atoms with E-state index in [1.165, 1.54) is 24.9 Å². The fraction of sp³-hybridized carbons (Fsp3) is 0.304. The number of ether oxygens (including phenoxy) is 1. The highest BCUT2D eigenvalue weighted by molar-refractivity contribution is 6.10. The summed E-state index contributed by atoms with van der Waals surface area (Å²) in [7, 11) is 1.33. The number of nitrogens with zero attached hydrogens (tertiary/aromatic N) is 2. The normalized spacial score (nSPS) is 18.7. The van der Waals surface area contributed by atoms with Crippen molar-refractivity contribution < 1.29 is 23.9 Å². The fourth-order valence-corrected chi connectivity index (χ4v) is 3.57. The zero-order valence-corrected chi connectivity index (χ0v) is 18.4. The molecule has 3 N–H and O–H groups in total. The monoisotopic (exact) mass is 438 g/mol. The van der Waals surface area contributed by atoms with Gasteiger partial charge in [0.25, 0.3) is 11.8 Å². The average molecular weight is 438 g/mol. The third-order valence-corrected chi connectivity index (χ3v) is 5.21. The molecule has 2 aromatic rings. The van der Waals surface area contributed by atoms with Crippen LogP contribution in [0.5, 0.6) is 5.75 Å². The quantitative estimate of drug-likeness (QED) is 0.545. The van der Waals surface area contributed by atoms with Crippen molar-refractivity contribution in [1.82, 2.24) is 10.2 Å². The summed E-state index contributed by atoms with van der Waals surface area (Å²) in [5.41, 5.74) is 7.54. The molecule has 9 heteroatoms. The van der Waals surface area contributed by atoms with E-state index in [1.54, 1.807) is 42.5 Å². The third-order valence-electron chi connectivity index (χ3n) is 5.21. The first-order valence-corrected chi connectivity index (χ1v) is 10.2. The minimum atomic E-state index is -1.21. The van der Waals surface area contributed by atoms with Gasteiger partial charge >= 0.3 is 12.0 Å². The molecule has 1 aliphatic rings. The van der Waals surface area contributed by atoms with E-state index < -0.39 is 36.0 Å². The van der Waals surface area contributed by atoms with Gasteiger partial charge in [0.2, 0.25) is 0 Å². The number of para-hydroxylation sites is 2. The molecule has 2 aromatic carbocycles. The maximum Gasteiger partial charge on any atom is 0.332 e. The molecule has 9 nitrogen and oxygen atoms in total. The van der Waals surface area contributed by atoms with Gasteiger partial charge in [-0.05, 0) is 29.7 Å². The highest BCUT2D eigenvalue weighted by atomic mass is 16.5. The van der Waals surface area contributed by atoms with Crippen LogP contribution in [0.2, 0.25) is 0 Å². The van der Waals surface area contributed by atoms with Crippen LogP contribution in [0.25, 0.3) is 0 Å². The molecular formula is C23H26N4O5. The fourth-order valence-electron chi connectivity index (χ4n) is 3.57. The first-order valence-electron chi connectivity index (χ1n) is 10.2. The van der Waals surface area contributed by atoms with E-state index in [-0.39, 0.29) is 17.2 Å². The predicted octanol–water partition coefficient (Wildman–Crippen LogP) is 2.22. The van der Waals surface area contributed by atoms with Crippen LogP contribution in [-0.2, 0) is 9.59 Å². The smallest absolute Gasteiger partial charge is 0.332 e. The van der Waals surface area contributed by atoms with Crippen LogP contribution in [0.1, 0.15) is 42.6 Å². The van der Waals surface area contributed by atoms with E-state index in [2.05, 4.69) is 5.32 Å². The van der Waals surface area contributed by atoms with E-state index in [9.17, 15) is 19.2 Å². The van der Waals surface area contributed by atoms with E-state index >= 15 is 0 Å². The van der Waals surface area contributed by atoms with Crippen LogP contribution in [0.4, 0.5) is 10.5 Å². The van der Waals surface area contributed by atoms with E-state index in [1.807, 2.05) is 13.8 Å². The van der Waals surface area contributed by atoms with Gasteiger partial charge in [0.15, 0.2) is 0 Å². The first kappa shape index (κ1) is 23.0. The number of nitrogens with two attached hydrogens (primary N) is 1. The maximum atomic E-state index is 13.2. The lowest BCUT2D eigenvalue weighted by atomic mass is 9.98. The molecule has 2 unspecified atom stereocenters. The van der Waals surface area contributed by atoms with Crippen LogP contribution < -0.4 is 20.7 Å². The lowest BCUT2D eigenvalue weighted by molar-refractivity contribution is -0.132. The Morgan fingerprint density at radius 1 is 1.06 bits per heavy atom.